The Labute approximate surface area is 201 Å². The fourth-order valence-corrected chi connectivity index (χ4v) is 5.31. The molecule has 35 heavy (non-hydrogen) atoms. The fraction of sp³-hybridized carbons (Fsp3) is 0.222. The van der Waals surface area contributed by atoms with Crippen LogP contribution in [-0.4, -0.2) is 44.3 Å². The van der Waals surface area contributed by atoms with Crippen molar-refractivity contribution in [1.29, 1.82) is 0 Å². The summed E-state index contributed by atoms with van der Waals surface area (Å²) in [5, 5.41) is 4.82. The van der Waals surface area contributed by atoms with Crippen molar-refractivity contribution in [1.82, 2.24) is 19.4 Å². The quantitative estimate of drug-likeness (QED) is 0.501. The number of amides is 2. The molecular formula is C27H23N5O3. The lowest BCUT2D eigenvalue weighted by Crippen LogP contribution is -2.49. The van der Waals surface area contributed by atoms with Gasteiger partial charge in [0, 0.05) is 49.2 Å². The highest BCUT2D eigenvalue weighted by atomic mass is 16.2. The first-order chi connectivity index (χ1) is 17.1. The van der Waals surface area contributed by atoms with Gasteiger partial charge in [0.15, 0.2) is 0 Å². The molecule has 2 bridgehead atoms. The van der Waals surface area contributed by atoms with E-state index in [0.29, 0.717) is 25.2 Å². The molecule has 0 spiro atoms. The van der Waals surface area contributed by atoms with Gasteiger partial charge in [0.05, 0.1) is 6.20 Å². The van der Waals surface area contributed by atoms with E-state index in [9.17, 15) is 14.4 Å². The van der Waals surface area contributed by atoms with Crippen molar-refractivity contribution in [3.05, 3.63) is 100 Å². The van der Waals surface area contributed by atoms with Crippen LogP contribution in [0.5, 0.6) is 0 Å². The van der Waals surface area contributed by atoms with Gasteiger partial charge in [-0.3, -0.25) is 19.4 Å². The van der Waals surface area contributed by atoms with Crippen molar-refractivity contribution in [2.75, 3.05) is 18.4 Å². The molecule has 2 amide bonds. The van der Waals surface area contributed by atoms with Crippen molar-refractivity contribution in [3.63, 3.8) is 0 Å². The second kappa shape index (κ2) is 8.47. The minimum absolute atomic E-state index is 0.0223. The molecular weight excluding hydrogens is 442 g/mol. The Morgan fingerprint density at radius 2 is 1.80 bits per heavy atom. The summed E-state index contributed by atoms with van der Waals surface area (Å²) in [4.78, 5) is 48.8. The molecule has 2 aliphatic rings. The molecule has 8 nitrogen and oxygen atoms in total. The van der Waals surface area contributed by atoms with Gasteiger partial charge in [0.25, 0.3) is 17.4 Å². The van der Waals surface area contributed by atoms with Crippen molar-refractivity contribution in [3.8, 4) is 0 Å². The normalized spacial score (nSPS) is 18.7. The van der Waals surface area contributed by atoms with Crippen LogP contribution in [0.15, 0.2) is 78.0 Å². The van der Waals surface area contributed by atoms with Crippen LogP contribution < -0.4 is 10.9 Å². The van der Waals surface area contributed by atoms with Gasteiger partial charge in [-0.05, 0) is 47.4 Å². The standard InChI is InChI=1S/C27H23N5O3/c33-25(23-13-28-9-10-29-23)30-22-7-8-24-21-11-17(15-32(24)27(22)35)14-31(16-21)26(34)20-6-5-18-3-1-2-4-19(18)12-20/h1-10,12-13,17,21H,11,14-16H2,(H,30,33)/t17-,21+/m0/s1. The first-order valence-corrected chi connectivity index (χ1v) is 11.7. The molecule has 1 saturated heterocycles. The second-order valence-electron chi connectivity index (χ2n) is 9.20. The zero-order valence-electron chi connectivity index (χ0n) is 18.9. The first kappa shape index (κ1) is 21.2. The highest BCUT2D eigenvalue weighted by Gasteiger charge is 2.37. The third kappa shape index (κ3) is 3.86. The molecule has 0 aliphatic carbocycles. The van der Waals surface area contributed by atoms with Gasteiger partial charge in [-0.15, -0.1) is 0 Å². The van der Waals surface area contributed by atoms with Crippen LogP contribution in [0.3, 0.4) is 0 Å². The maximum Gasteiger partial charge on any atom is 0.276 e. The van der Waals surface area contributed by atoms with E-state index in [-0.39, 0.29) is 34.7 Å². The van der Waals surface area contributed by atoms with E-state index in [0.717, 1.165) is 22.9 Å². The monoisotopic (exact) mass is 465 g/mol. The lowest BCUT2D eigenvalue weighted by molar-refractivity contribution is 0.0594. The molecule has 1 fully saturated rings. The molecule has 6 rings (SSSR count). The van der Waals surface area contributed by atoms with Crippen LogP contribution in [0.2, 0.25) is 0 Å². The number of piperidine rings is 1. The number of aromatic nitrogens is 3. The van der Waals surface area contributed by atoms with E-state index < -0.39 is 5.91 Å². The lowest BCUT2D eigenvalue weighted by Gasteiger charge is -2.43. The average Bonchev–Trinajstić information content (AvgIpc) is 2.90. The van der Waals surface area contributed by atoms with Crippen molar-refractivity contribution < 1.29 is 9.59 Å². The molecule has 0 radical (unpaired) electrons. The molecule has 2 aliphatic heterocycles. The first-order valence-electron chi connectivity index (χ1n) is 11.7. The second-order valence-corrected chi connectivity index (χ2v) is 9.20. The summed E-state index contributed by atoms with van der Waals surface area (Å²) in [6.45, 7) is 1.68. The van der Waals surface area contributed by atoms with E-state index in [1.54, 1.807) is 10.6 Å². The minimum Gasteiger partial charge on any atom is -0.338 e. The molecule has 2 aromatic heterocycles. The Balaban J connectivity index is 1.24. The Morgan fingerprint density at radius 3 is 2.63 bits per heavy atom. The summed E-state index contributed by atoms with van der Waals surface area (Å²) in [5.74, 6) is -0.202. The smallest absolute Gasteiger partial charge is 0.276 e. The zero-order valence-corrected chi connectivity index (χ0v) is 18.9. The van der Waals surface area contributed by atoms with Crippen molar-refractivity contribution in [2.45, 2.75) is 18.9 Å². The van der Waals surface area contributed by atoms with E-state index in [2.05, 4.69) is 15.3 Å². The minimum atomic E-state index is -0.473. The third-order valence-corrected chi connectivity index (χ3v) is 6.93. The number of carbonyl (C=O) groups excluding carboxylic acids is 2. The number of hydrogen-bond donors (Lipinski definition) is 1. The zero-order chi connectivity index (χ0) is 23.9. The van der Waals surface area contributed by atoms with E-state index in [4.69, 9.17) is 0 Å². The number of pyridine rings is 1. The van der Waals surface area contributed by atoms with Crippen LogP contribution in [0.4, 0.5) is 5.69 Å². The maximum absolute atomic E-state index is 13.4. The maximum atomic E-state index is 13.4. The number of hydrogen-bond acceptors (Lipinski definition) is 5. The molecule has 2 aromatic carbocycles. The predicted molar refractivity (Wildman–Crippen MR) is 131 cm³/mol. The molecule has 0 unspecified atom stereocenters. The molecule has 4 heterocycles. The summed E-state index contributed by atoms with van der Waals surface area (Å²) in [6, 6.07) is 17.4. The van der Waals surface area contributed by atoms with Crippen LogP contribution >= 0.6 is 0 Å². The molecule has 174 valence electrons. The van der Waals surface area contributed by atoms with Crippen molar-refractivity contribution >= 4 is 28.3 Å². The number of rotatable bonds is 3. The third-order valence-electron chi connectivity index (χ3n) is 6.93. The van der Waals surface area contributed by atoms with Gasteiger partial charge < -0.3 is 14.8 Å². The van der Waals surface area contributed by atoms with Crippen LogP contribution in [-0.2, 0) is 6.54 Å². The summed E-state index contributed by atoms with van der Waals surface area (Å²) in [7, 11) is 0. The predicted octanol–water partition coefficient (Wildman–Crippen LogP) is 3.30. The topological polar surface area (TPSA) is 97.2 Å². The van der Waals surface area contributed by atoms with Gasteiger partial charge >= 0.3 is 0 Å². The van der Waals surface area contributed by atoms with Crippen LogP contribution in [0.25, 0.3) is 10.8 Å². The van der Waals surface area contributed by atoms with Crippen LogP contribution in [0, 0.1) is 5.92 Å². The Hall–Kier alpha value is -4.33. The van der Waals surface area contributed by atoms with E-state index >= 15 is 0 Å². The van der Waals surface area contributed by atoms with Gasteiger partial charge in [-0.1, -0.05) is 30.3 Å². The summed E-state index contributed by atoms with van der Waals surface area (Å²) in [6.07, 6.45) is 5.21. The number of anilines is 1. The summed E-state index contributed by atoms with van der Waals surface area (Å²) >= 11 is 0. The molecule has 1 N–H and O–H groups in total. The Bertz CT molecular complexity index is 1510. The number of nitrogens with one attached hydrogen (secondary N) is 1. The average molecular weight is 466 g/mol. The Kier molecular flexibility index (Phi) is 5.13. The molecule has 0 saturated carbocycles. The van der Waals surface area contributed by atoms with Gasteiger partial charge in [-0.2, -0.15) is 0 Å². The number of likely N-dealkylation sites (tertiary alicyclic amines) is 1. The van der Waals surface area contributed by atoms with E-state index in [1.807, 2.05) is 53.4 Å². The van der Waals surface area contributed by atoms with Gasteiger partial charge in [0.2, 0.25) is 0 Å². The fourth-order valence-electron chi connectivity index (χ4n) is 5.31. The van der Waals surface area contributed by atoms with Crippen LogP contribution in [0.1, 0.15) is 38.9 Å². The molecule has 4 aromatic rings. The molecule has 2 atom stereocenters. The lowest BCUT2D eigenvalue weighted by atomic mass is 9.83. The SMILES string of the molecule is O=C(Nc1ccc2n(c1=O)C[C@H]1C[C@@H]2CN(C(=O)c2ccc3ccccc3c2)C1)c1cnccn1. The number of benzene rings is 2. The highest BCUT2D eigenvalue weighted by molar-refractivity contribution is 6.02. The van der Waals surface area contributed by atoms with Gasteiger partial charge in [0.1, 0.15) is 11.4 Å². The largest absolute Gasteiger partial charge is 0.338 e. The Morgan fingerprint density at radius 1 is 0.943 bits per heavy atom. The van der Waals surface area contributed by atoms with E-state index in [1.165, 1.54) is 18.6 Å². The highest BCUT2D eigenvalue weighted by Crippen LogP contribution is 2.36. The summed E-state index contributed by atoms with van der Waals surface area (Å²) < 4.78 is 1.75. The number of carbonyl (C=O) groups is 2. The number of nitrogens with zero attached hydrogens (tertiary/aromatic N) is 4. The van der Waals surface area contributed by atoms with Gasteiger partial charge in [-0.25, -0.2) is 4.98 Å². The number of fused-ring (bicyclic) bond motifs is 5. The molecule has 8 heteroatoms. The van der Waals surface area contributed by atoms with Crippen molar-refractivity contribution in [2.24, 2.45) is 5.92 Å². The summed E-state index contributed by atoms with van der Waals surface area (Å²) in [5.41, 5.74) is 1.72.